The number of fused-ring (bicyclic) bond motifs is 1. The summed E-state index contributed by atoms with van der Waals surface area (Å²) in [6.07, 6.45) is -9.74. The van der Waals surface area contributed by atoms with Gasteiger partial charge >= 0.3 is 12.4 Å². The zero-order valence-electron chi connectivity index (χ0n) is 21.8. The molecule has 17 heteroatoms. The first-order valence-corrected chi connectivity index (χ1v) is 13.6. The first-order valence-electron chi connectivity index (χ1n) is 11.6. The summed E-state index contributed by atoms with van der Waals surface area (Å²) in [6, 6.07) is 5.28. The van der Waals surface area contributed by atoms with E-state index in [1.54, 1.807) is 20.8 Å². The van der Waals surface area contributed by atoms with Crippen LogP contribution in [0.5, 0.6) is 5.88 Å². The molecular formula is C24H22ClF6N5O4S. The van der Waals surface area contributed by atoms with Gasteiger partial charge in [-0.2, -0.15) is 39.9 Å². The van der Waals surface area contributed by atoms with Gasteiger partial charge in [0.15, 0.2) is 18.3 Å². The number of ether oxygens (including phenoxy) is 1. The fourth-order valence-corrected chi connectivity index (χ4v) is 5.26. The molecule has 1 aromatic carbocycles. The zero-order valence-corrected chi connectivity index (χ0v) is 23.3. The average Bonchev–Trinajstić information content (AvgIpc) is 3.31. The van der Waals surface area contributed by atoms with Crippen LogP contribution in [0.15, 0.2) is 30.3 Å². The zero-order chi connectivity index (χ0) is 30.7. The fraction of sp³-hybridized carbons (Fsp3) is 0.375. The molecule has 4 rings (SSSR count). The molecule has 0 saturated heterocycles. The van der Waals surface area contributed by atoms with Crippen LogP contribution in [0, 0.1) is 0 Å². The molecule has 0 atom stereocenters. The van der Waals surface area contributed by atoms with Crippen LogP contribution in [-0.2, 0) is 34.6 Å². The number of aromatic nitrogens is 5. The lowest BCUT2D eigenvalue weighted by Gasteiger charge is -2.16. The molecule has 3 aromatic heterocycles. The Kier molecular flexibility index (Phi) is 7.58. The summed E-state index contributed by atoms with van der Waals surface area (Å²) in [7, 11) is -3.41. The number of halogens is 7. The highest BCUT2D eigenvalue weighted by Gasteiger charge is 2.36. The third-order valence-corrected chi connectivity index (χ3v) is 6.72. The van der Waals surface area contributed by atoms with Gasteiger partial charge in [0.2, 0.25) is 5.88 Å². The van der Waals surface area contributed by atoms with Crippen molar-refractivity contribution >= 4 is 32.8 Å². The van der Waals surface area contributed by atoms with Gasteiger partial charge in [-0.15, -0.1) is 0 Å². The van der Waals surface area contributed by atoms with E-state index >= 15 is 0 Å². The lowest BCUT2D eigenvalue weighted by molar-refractivity contribution is -0.153. The first kappa shape index (κ1) is 30.6. The number of aryl methyl sites for hydroxylation is 1. The summed E-state index contributed by atoms with van der Waals surface area (Å²) >= 11 is 6.61. The molecule has 0 aliphatic heterocycles. The van der Waals surface area contributed by atoms with Crippen molar-refractivity contribution in [2.24, 2.45) is 7.05 Å². The van der Waals surface area contributed by atoms with Gasteiger partial charge in [-0.1, -0.05) is 50.6 Å². The van der Waals surface area contributed by atoms with Gasteiger partial charge in [0, 0.05) is 18.0 Å². The van der Waals surface area contributed by atoms with Crippen LogP contribution in [0.25, 0.3) is 33.8 Å². The van der Waals surface area contributed by atoms with Crippen LogP contribution in [0.2, 0.25) is 5.02 Å². The van der Waals surface area contributed by atoms with Crippen molar-refractivity contribution in [3.8, 4) is 28.7 Å². The second-order valence-electron chi connectivity index (χ2n) is 10.1. The van der Waals surface area contributed by atoms with Crippen LogP contribution in [0.1, 0.15) is 32.0 Å². The van der Waals surface area contributed by atoms with Crippen LogP contribution in [0.4, 0.5) is 26.3 Å². The molecular weight excluding hydrogens is 604 g/mol. The smallest absolute Gasteiger partial charge is 0.422 e. The van der Waals surface area contributed by atoms with Gasteiger partial charge in [-0.25, -0.2) is 9.97 Å². The molecule has 0 radical (unpaired) electrons. The van der Waals surface area contributed by atoms with E-state index in [1.807, 2.05) is 0 Å². The Morgan fingerprint density at radius 2 is 1.68 bits per heavy atom. The molecule has 0 aliphatic carbocycles. The highest BCUT2D eigenvalue weighted by atomic mass is 35.5. The number of pyridine rings is 1. The van der Waals surface area contributed by atoms with Crippen molar-refractivity contribution < 1.29 is 44.0 Å². The van der Waals surface area contributed by atoms with Crippen molar-refractivity contribution in [3.63, 3.8) is 0 Å². The molecule has 0 unspecified atom stereocenters. The molecule has 4 aromatic rings. The standard InChI is InChI=1S/C24H22ClF6N5O4S/c1-22(2,3)19-16(25)18(35(4)34-19)20-32-15-9-14(12-7-5-6-8-13(12)24(29,30)31)33-21(40-10-23(26,27)28)17(15)36(20)11-41(37,38)39/h5-9H,10-11H2,1-4H3,(H,37,38,39). The largest absolute Gasteiger partial charge is 0.466 e. The van der Waals surface area contributed by atoms with Crippen LogP contribution in [0.3, 0.4) is 0 Å². The fourth-order valence-electron chi connectivity index (χ4n) is 4.15. The number of alkyl halides is 6. The maximum Gasteiger partial charge on any atom is 0.422 e. The maximum absolute atomic E-state index is 13.8. The summed E-state index contributed by atoms with van der Waals surface area (Å²) < 4.78 is 121. The molecule has 0 spiro atoms. The summed E-state index contributed by atoms with van der Waals surface area (Å²) in [5.41, 5.74) is -3.00. The van der Waals surface area contributed by atoms with Gasteiger partial charge in [-0.05, 0) is 12.1 Å². The minimum Gasteiger partial charge on any atom is -0.466 e. The Morgan fingerprint density at radius 3 is 2.22 bits per heavy atom. The Bertz CT molecular complexity index is 1740. The van der Waals surface area contributed by atoms with Crippen molar-refractivity contribution in [3.05, 3.63) is 46.6 Å². The van der Waals surface area contributed by atoms with E-state index in [0.29, 0.717) is 5.69 Å². The van der Waals surface area contributed by atoms with Crippen LogP contribution in [-0.4, -0.2) is 50.1 Å². The number of nitrogens with zero attached hydrogens (tertiary/aromatic N) is 5. The lowest BCUT2D eigenvalue weighted by atomic mass is 9.92. The topological polar surface area (TPSA) is 112 Å². The number of hydrogen-bond acceptors (Lipinski definition) is 6. The van der Waals surface area contributed by atoms with Gasteiger partial charge < -0.3 is 9.30 Å². The van der Waals surface area contributed by atoms with E-state index in [0.717, 1.165) is 28.8 Å². The third-order valence-electron chi connectivity index (χ3n) is 5.78. The molecule has 222 valence electrons. The Balaban J connectivity index is 2.11. The summed E-state index contributed by atoms with van der Waals surface area (Å²) in [6.45, 7) is 3.48. The Hall–Kier alpha value is -3.37. The minimum absolute atomic E-state index is 0.0236. The van der Waals surface area contributed by atoms with Gasteiger partial charge in [0.05, 0.1) is 27.5 Å². The van der Waals surface area contributed by atoms with Crippen LogP contribution >= 0.6 is 11.6 Å². The van der Waals surface area contributed by atoms with Crippen LogP contribution < -0.4 is 4.74 Å². The van der Waals surface area contributed by atoms with Gasteiger partial charge in [0.1, 0.15) is 11.2 Å². The van der Waals surface area contributed by atoms with Gasteiger partial charge in [-0.3, -0.25) is 9.23 Å². The second kappa shape index (κ2) is 10.2. The van der Waals surface area contributed by atoms with E-state index in [1.165, 1.54) is 17.8 Å². The van der Waals surface area contributed by atoms with Crippen molar-refractivity contribution in [2.75, 3.05) is 6.61 Å². The van der Waals surface area contributed by atoms with Crippen molar-refractivity contribution in [1.82, 2.24) is 24.3 Å². The third kappa shape index (κ3) is 6.43. The average molecular weight is 626 g/mol. The molecule has 41 heavy (non-hydrogen) atoms. The number of imidazole rings is 1. The Morgan fingerprint density at radius 1 is 1.05 bits per heavy atom. The predicted octanol–water partition coefficient (Wildman–Crippen LogP) is 6.25. The quantitative estimate of drug-likeness (QED) is 0.199. The maximum atomic E-state index is 13.8. The summed E-state index contributed by atoms with van der Waals surface area (Å²) in [4.78, 5) is 8.25. The monoisotopic (exact) mass is 625 g/mol. The van der Waals surface area contributed by atoms with Crippen molar-refractivity contribution in [1.29, 1.82) is 0 Å². The predicted molar refractivity (Wildman–Crippen MR) is 137 cm³/mol. The minimum atomic E-state index is -4.89. The van der Waals surface area contributed by atoms with Gasteiger partial charge in [0.25, 0.3) is 10.1 Å². The molecule has 9 nitrogen and oxygen atoms in total. The normalized spacial score (nSPS) is 13.3. The number of rotatable bonds is 6. The Labute approximate surface area is 234 Å². The van der Waals surface area contributed by atoms with E-state index in [2.05, 4.69) is 15.1 Å². The second-order valence-corrected chi connectivity index (χ2v) is 11.9. The molecule has 0 amide bonds. The molecule has 3 heterocycles. The molecule has 1 N–H and O–H groups in total. The van der Waals surface area contributed by atoms with E-state index in [9.17, 15) is 39.3 Å². The number of hydrogen-bond donors (Lipinski definition) is 1. The highest BCUT2D eigenvalue weighted by molar-refractivity contribution is 7.84. The van der Waals surface area contributed by atoms with E-state index in [4.69, 9.17) is 16.3 Å². The molecule has 0 bridgehead atoms. The number of benzene rings is 1. The van der Waals surface area contributed by atoms with E-state index in [-0.39, 0.29) is 22.1 Å². The van der Waals surface area contributed by atoms with E-state index < -0.39 is 68.6 Å². The lowest BCUT2D eigenvalue weighted by Crippen LogP contribution is -2.20. The highest BCUT2D eigenvalue weighted by Crippen LogP contribution is 2.41. The molecule has 0 fully saturated rings. The van der Waals surface area contributed by atoms with Crippen molar-refractivity contribution in [2.45, 2.75) is 44.4 Å². The SMILES string of the molecule is Cn1nc(C(C)(C)C)c(Cl)c1-c1nc2cc(-c3ccccc3C(F)(F)F)nc(OCC(F)(F)F)c2n1CS(=O)(=O)O. The first-order chi connectivity index (χ1) is 18.7. The summed E-state index contributed by atoms with van der Waals surface area (Å²) in [5, 5.41) is 4.39. The molecule has 0 saturated carbocycles. The molecule has 0 aliphatic rings. The summed E-state index contributed by atoms with van der Waals surface area (Å²) in [5.74, 6) is -2.37.